The van der Waals surface area contributed by atoms with Gasteiger partial charge in [-0.1, -0.05) is 18.2 Å². The fourth-order valence-electron chi connectivity index (χ4n) is 2.72. The molecule has 0 atom stereocenters. The Bertz CT molecular complexity index is 875. The molecule has 1 aliphatic carbocycles. The SMILES string of the molecule is COC(=O)c1ccc(CCNC(=O)COc2cccc(NC(=O)C3CC3)c2)cc1. The van der Waals surface area contributed by atoms with Crippen LogP contribution in [0.1, 0.15) is 28.8 Å². The molecule has 1 aliphatic rings. The van der Waals surface area contributed by atoms with Crippen LogP contribution >= 0.6 is 0 Å². The van der Waals surface area contributed by atoms with Crippen molar-refractivity contribution < 1.29 is 23.9 Å². The number of ether oxygens (including phenoxy) is 2. The molecule has 0 saturated heterocycles. The molecule has 29 heavy (non-hydrogen) atoms. The Morgan fingerprint density at radius 1 is 1.07 bits per heavy atom. The molecule has 152 valence electrons. The molecular formula is C22H24N2O5. The third kappa shape index (κ3) is 6.34. The summed E-state index contributed by atoms with van der Waals surface area (Å²) >= 11 is 0. The maximum atomic E-state index is 12.0. The van der Waals surface area contributed by atoms with Crippen LogP contribution in [0, 0.1) is 5.92 Å². The maximum absolute atomic E-state index is 12.0. The lowest BCUT2D eigenvalue weighted by molar-refractivity contribution is -0.123. The lowest BCUT2D eigenvalue weighted by Crippen LogP contribution is -2.30. The second-order valence-electron chi connectivity index (χ2n) is 6.87. The van der Waals surface area contributed by atoms with Gasteiger partial charge in [-0.15, -0.1) is 0 Å². The molecule has 0 unspecified atom stereocenters. The lowest BCUT2D eigenvalue weighted by Gasteiger charge is -2.10. The fraction of sp³-hybridized carbons (Fsp3) is 0.318. The molecule has 2 aromatic carbocycles. The van der Waals surface area contributed by atoms with E-state index in [4.69, 9.17) is 4.74 Å². The summed E-state index contributed by atoms with van der Waals surface area (Å²) in [6.45, 7) is 0.346. The first kappa shape index (κ1) is 20.4. The number of hydrogen-bond donors (Lipinski definition) is 2. The number of nitrogens with one attached hydrogen (secondary N) is 2. The molecule has 1 fully saturated rings. The smallest absolute Gasteiger partial charge is 0.337 e. The van der Waals surface area contributed by atoms with Gasteiger partial charge in [0.1, 0.15) is 5.75 Å². The van der Waals surface area contributed by atoms with Crippen molar-refractivity contribution in [2.45, 2.75) is 19.3 Å². The van der Waals surface area contributed by atoms with Crippen LogP contribution in [0.15, 0.2) is 48.5 Å². The molecule has 1 saturated carbocycles. The average molecular weight is 396 g/mol. The van der Waals surface area contributed by atoms with Crippen molar-refractivity contribution in [3.05, 3.63) is 59.7 Å². The summed E-state index contributed by atoms with van der Waals surface area (Å²) in [5, 5.41) is 5.65. The Balaban J connectivity index is 1.38. The quantitative estimate of drug-likeness (QED) is 0.636. The van der Waals surface area contributed by atoms with Gasteiger partial charge >= 0.3 is 5.97 Å². The number of benzene rings is 2. The molecular weight excluding hydrogens is 372 g/mol. The Morgan fingerprint density at radius 3 is 2.52 bits per heavy atom. The largest absolute Gasteiger partial charge is 0.484 e. The molecule has 0 aromatic heterocycles. The highest BCUT2D eigenvalue weighted by molar-refractivity contribution is 5.94. The molecule has 7 heteroatoms. The minimum Gasteiger partial charge on any atom is -0.484 e. The van der Waals surface area contributed by atoms with Gasteiger partial charge in [-0.05, 0) is 49.1 Å². The van der Waals surface area contributed by atoms with Crippen LogP contribution in [0.4, 0.5) is 5.69 Å². The topological polar surface area (TPSA) is 93.7 Å². The van der Waals surface area contributed by atoms with E-state index in [-0.39, 0.29) is 30.3 Å². The monoisotopic (exact) mass is 396 g/mol. The van der Waals surface area contributed by atoms with Crippen molar-refractivity contribution in [2.24, 2.45) is 5.92 Å². The van der Waals surface area contributed by atoms with Crippen LogP contribution in [0.25, 0.3) is 0 Å². The van der Waals surface area contributed by atoms with Gasteiger partial charge in [-0.3, -0.25) is 9.59 Å². The summed E-state index contributed by atoms with van der Waals surface area (Å²) < 4.78 is 10.2. The molecule has 0 spiro atoms. The molecule has 0 radical (unpaired) electrons. The van der Waals surface area contributed by atoms with Crippen LogP contribution in [-0.4, -0.2) is 38.0 Å². The van der Waals surface area contributed by atoms with E-state index in [0.29, 0.717) is 30.0 Å². The number of amides is 2. The van der Waals surface area contributed by atoms with E-state index < -0.39 is 0 Å². The van der Waals surface area contributed by atoms with Crippen molar-refractivity contribution in [3.8, 4) is 5.75 Å². The van der Waals surface area contributed by atoms with Crippen LogP contribution in [0.2, 0.25) is 0 Å². The summed E-state index contributed by atoms with van der Waals surface area (Å²) in [5.74, 6) is 0.0652. The number of carbonyl (C=O) groups excluding carboxylic acids is 3. The molecule has 2 N–H and O–H groups in total. The molecule has 7 nitrogen and oxygen atoms in total. The van der Waals surface area contributed by atoms with Crippen LogP contribution < -0.4 is 15.4 Å². The molecule has 2 amide bonds. The van der Waals surface area contributed by atoms with Crippen LogP contribution in [0.3, 0.4) is 0 Å². The van der Waals surface area contributed by atoms with Gasteiger partial charge in [-0.25, -0.2) is 4.79 Å². The Labute approximate surface area is 169 Å². The number of carbonyl (C=O) groups is 3. The first-order valence-electron chi connectivity index (χ1n) is 9.53. The highest BCUT2D eigenvalue weighted by Gasteiger charge is 2.29. The summed E-state index contributed by atoms with van der Waals surface area (Å²) in [7, 11) is 1.34. The summed E-state index contributed by atoms with van der Waals surface area (Å²) in [6.07, 6.45) is 2.52. The Hall–Kier alpha value is -3.35. The van der Waals surface area contributed by atoms with Crippen molar-refractivity contribution in [2.75, 3.05) is 25.6 Å². The molecule has 0 aliphatic heterocycles. The summed E-state index contributed by atoms with van der Waals surface area (Å²) in [5.41, 5.74) is 2.15. The zero-order valence-corrected chi connectivity index (χ0v) is 16.3. The predicted octanol–water partition coefficient (Wildman–Crippen LogP) is 2.56. The zero-order chi connectivity index (χ0) is 20.6. The number of rotatable bonds is 9. The lowest BCUT2D eigenvalue weighted by atomic mass is 10.1. The first-order valence-corrected chi connectivity index (χ1v) is 9.53. The van der Waals surface area contributed by atoms with Gasteiger partial charge in [0.25, 0.3) is 5.91 Å². The standard InChI is InChI=1S/C22H24N2O5/c1-28-22(27)17-7-5-15(6-8-17)11-12-23-20(25)14-29-19-4-2-3-18(13-19)24-21(26)16-9-10-16/h2-8,13,16H,9-12,14H2,1H3,(H,23,25)(H,24,26). The second kappa shape index (κ2) is 9.73. The van der Waals surface area contributed by atoms with Gasteiger partial charge in [0.05, 0.1) is 12.7 Å². The molecule has 2 aromatic rings. The molecule has 0 heterocycles. The highest BCUT2D eigenvalue weighted by atomic mass is 16.5. The van der Waals surface area contributed by atoms with Crippen molar-refractivity contribution in [3.63, 3.8) is 0 Å². The van der Waals surface area contributed by atoms with Gasteiger partial charge in [0.15, 0.2) is 6.61 Å². The Kier molecular flexibility index (Phi) is 6.84. The van der Waals surface area contributed by atoms with E-state index in [1.807, 2.05) is 12.1 Å². The predicted molar refractivity (Wildman–Crippen MR) is 108 cm³/mol. The third-order valence-corrected chi connectivity index (χ3v) is 4.53. The van der Waals surface area contributed by atoms with E-state index in [0.717, 1.165) is 18.4 Å². The number of hydrogen-bond acceptors (Lipinski definition) is 5. The van der Waals surface area contributed by atoms with E-state index in [9.17, 15) is 14.4 Å². The summed E-state index contributed by atoms with van der Waals surface area (Å²) in [4.78, 5) is 35.2. The minimum atomic E-state index is -0.377. The van der Waals surface area contributed by atoms with E-state index >= 15 is 0 Å². The summed E-state index contributed by atoms with van der Waals surface area (Å²) in [6, 6.07) is 14.1. The normalized spacial score (nSPS) is 12.7. The van der Waals surface area contributed by atoms with E-state index in [1.54, 1.807) is 36.4 Å². The van der Waals surface area contributed by atoms with Crippen molar-refractivity contribution in [1.82, 2.24) is 5.32 Å². The van der Waals surface area contributed by atoms with E-state index in [1.165, 1.54) is 7.11 Å². The Morgan fingerprint density at radius 2 is 1.83 bits per heavy atom. The third-order valence-electron chi connectivity index (χ3n) is 4.53. The highest BCUT2D eigenvalue weighted by Crippen LogP contribution is 2.30. The fourth-order valence-corrected chi connectivity index (χ4v) is 2.72. The van der Waals surface area contributed by atoms with Crippen LogP contribution in [-0.2, 0) is 20.7 Å². The van der Waals surface area contributed by atoms with Gasteiger partial charge in [0, 0.05) is 24.2 Å². The number of anilines is 1. The number of esters is 1. The first-order chi connectivity index (χ1) is 14.0. The number of methoxy groups -OCH3 is 1. The van der Waals surface area contributed by atoms with Crippen molar-refractivity contribution >= 4 is 23.5 Å². The molecule has 3 rings (SSSR count). The van der Waals surface area contributed by atoms with Gasteiger partial charge in [-0.2, -0.15) is 0 Å². The van der Waals surface area contributed by atoms with Crippen LogP contribution in [0.5, 0.6) is 5.75 Å². The van der Waals surface area contributed by atoms with E-state index in [2.05, 4.69) is 15.4 Å². The average Bonchev–Trinajstić information content (AvgIpc) is 3.58. The van der Waals surface area contributed by atoms with Gasteiger partial charge < -0.3 is 20.1 Å². The zero-order valence-electron chi connectivity index (χ0n) is 16.3. The molecule has 0 bridgehead atoms. The minimum absolute atomic E-state index is 0.0273. The maximum Gasteiger partial charge on any atom is 0.337 e. The second-order valence-corrected chi connectivity index (χ2v) is 6.87. The van der Waals surface area contributed by atoms with Gasteiger partial charge in [0.2, 0.25) is 5.91 Å². The van der Waals surface area contributed by atoms with Crippen molar-refractivity contribution in [1.29, 1.82) is 0 Å².